The minimum absolute atomic E-state index is 0.0434. The van der Waals surface area contributed by atoms with Crippen molar-refractivity contribution in [3.63, 3.8) is 0 Å². The first-order valence-corrected chi connectivity index (χ1v) is 8.23. The Bertz CT molecular complexity index is 655. The normalized spacial score (nSPS) is 27.8. The van der Waals surface area contributed by atoms with E-state index < -0.39 is 22.0 Å². The standard InChI is InChI=1S/C13H15NO5S/c15-11-6-20(17,18)7-12(11)19-9-3-1-8-2-4-13(16)14-10(8)5-9/h1,3,5,11-12,15H,2,4,6-7H2,(H,14,16). The molecular formula is C13H15NO5S. The quantitative estimate of drug-likeness (QED) is 0.808. The minimum atomic E-state index is -3.24. The summed E-state index contributed by atoms with van der Waals surface area (Å²) in [5.74, 6) is -0.0398. The fraction of sp³-hybridized carbons (Fsp3) is 0.462. The molecule has 2 atom stereocenters. The number of nitrogens with one attached hydrogen (secondary N) is 1. The van der Waals surface area contributed by atoms with Gasteiger partial charge in [0.1, 0.15) is 18.0 Å². The van der Waals surface area contributed by atoms with Gasteiger partial charge in [0.15, 0.2) is 9.84 Å². The average molecular weight is 297 g/mol. The van der Waals surface area contributed by atoms with Gasteiger partial charge < -0.3 is 15.2 Å². The third-order valence-corrected chi connectivity index (χ3v) is 5.22. The van der Waals surface area contributed by atoms with Crippen molar-refractivity contribution in [2.75, 3.05) is 16.8 Å². The van der Waals surface area contributed by atoms with Crippen LogP contribution in [0.15, 0.2) is 18.2 Å². The Morgan fingerprint density at radius 2 is 2.05 bits per heavy atom. The molecule has 1 aromatic rings. The van der Waals surface area contributed by atoms with Crippen LogP contribution in [-0.2, 0) is 21.1 Å². The highest BCUT2D eigenvalue weighted by molar-refractivity contribution is 7.91. The number of rotatable bonds is 2. The third kappa shape index (κ3) is 2.64. The van der Waals surface area contributed by atoms with E-state index in [1.165, 1.54) is 0 Å². The molecule has 6 nitrogen and oxygen atoms in total. The molecule has 0 aromatic heterocycles. The summed E-state index contributed by atoms with van der Waals surface area (Å²) in [6, 6.07) is 5.25. The molecule has 2 heterocycles. The van der Waals surface area contributed by atoms with Crippen molar-refractivity contribution >= 4 is 21.4 Å². The van der Waals surface area contributed by atoms with Crippen LogP contribution in [0.3, 0.4) is 0 Å². The van der Waals surface area contributed by atoms with Crippen LogP contribution in [0.1, 0.15) is 12.0 Å². The number of sulfone groups is 1. The first kappa shape index (κ1) is 13.4. The van der Waals surface area contributed by atoms with E-state index in [2.05, 4.69) is 5.32 Å². The van der Waals surface area contributed by atoms with E-state index in [4.69, 9.17) is 4.74 Å². The van der Waals surface area contributed by atoms with E-state index in [1.807, 2.05) is 6.07 Å². The molecule has 1 saturated heterocycles. The Labute approximate surface area is 116 Å². The average Bonchev–Trinajstić information content (AvgIpc) is 2.61. The summed E-state index contributed by atoms with van der Waals surface area (Å²) in [7, 11) is -3.24. The number of hydrogen-bond acceptors (Lipinski definition) is 5. The zero-order valence-electron chi connectivity index (χ0n) is 10.7. The molecule has 0 spiro atoms. The molecule has 0 saturated carbocycles. The second-order valence-electron chi connectivity index (χ2n) is 5.17. The number of anilines is 1. The SMILES string of the molecule is O=C1CCc2ccc(OC3CS(=O)(=O)CC3O)cc2N1. The number of fused-ring (bicyclic) bond motifs is 1. The van der Waals surface area contributed by atoms with Crippen LogP contribution >= 0.6 is 0 Å². The van der Waals surface area contributed by atoms with Gasteiger partial charge in [-0.1, -0.05) is 6.07 Å². The molecule has 2 aliphatic heterocycles. The Hall–Kier alpha value is -1.60. The molecule has 1 aromatic carbocycles. The van der Waals surface area contributed by atoms with E-state index in [0.29, 0.717) is 24.3 Å². The lowest BCUT2D eigenvalue weighted by molar-refractivity contribution is -0.116. The van der Waals surface area contributed by atoms with Gasteiger partial charge in [0.05, 0.1) is 11.5 Å². The zero-order valence-corrected chi connectivity index (χ0v) is 11.5. The van der Waals surface area contributed by atoms with Gasteiger partial charge >= 0.3 is 0 Å². The molecule has 0 aliphatic carbocycles. The highest BCUT2D eigenvalue weighted by atomic mass is 32.2. The molecule has 3 rings (SSSR count). The molecule has 108 valence electrons. The second-order valence-corrected chi connectivity index (χ2v) is 7.32. The fourth-order valence-electron chi connectivity index (χ4n) is 2.51. The van der Waals surface area contributed by atoms with Crippen molar-refractivity contribution in [1.82, 2.24) is 0 Å². The van der Waals surface area contributed by atoms with Crippen molar-refractivity contribution in [3.05, 3.63) is 23.8 Å². The number of hydrogen-bond donors (Lipinski definition) is 2. The van der Waals surface area contributed by atoms with Crippen LogP contribution in [0.25, 0.3) is 0 Å². The van der Waals surface area contributed by atoms with Crippen LogP contribution in [0.2, 0.25) is 0 Å². The third-order valence-electron chi connectivity index (χ3n) is 3.54. The number of carbonyl (C=O) groups excluding carboxylic acids is 1. The summed E-state index contributed by atoms with van der Waals surface area (Å²) in [6.45, 7) is 0. The van der Waals surface area contributed by atoms with Crippen LogP contribution in [0, 0.1) is 0 Å². The highest BCUT2D eigenvalue weighted by Crippen LogP contribution is 2.29. The number of amides is 1. The van der Waals surface area contributed by atoms with Gasteiger partial charge in [-0.15, -0.1) is 0 Å². The predicted molar refractivity (Wildman–Crippen MR) is 72.5 cm³/mol. The lowest BCUT2D eigenvalue weighted by atomic mass is 10.0. The van der Waals surface area contributed by atoms with Gasteiger partial charge in [-0.25, -0.2) is 8.42 Å². The Morgan fingerprint density at radius 1 is 1.25 bits per heavy atom. The molecule has 2 unspecified atom stereocenters. The molecule has 1 fully saturated rings. The van der Waals surface area contributed by atoms with Gasteiger partial charge in [-0.05, 0) is 18.1 Å². The molecule has 7 heteroatoms. The molecule has 2 N–H and O–H groups in total. The number of aliphatic hydroxyl groups excluding tert-OH is 1. The van der Waals surface area contributed by atoms with Gasteiger partial charge in [-0.3, -0.25) is 4.79 Å². The molecule has 20 heavy (non-hydrogen) atoms. The molecule has 1 amide bonds. The predicted octanol–water partition coefficient (Wildman–Crippen LogP) is 0.108. The van der Waals surface area contributed by atoms with Crippen molar-refractivity contribution < 1.29 is 23.1 Å². The van der Waals surface area contributed by atoms with Gasteiger partial charge in [0, 0.05) is 18.2 Å². The molecule has 2 aliphatic rings. The summed E-state index contributed by atoms with van der Waals surface area (Å²) in [4.78, 5) is 11.3. The largest absolute Gasteiger partial charge is 0.487 e. The van der Waals surface area contributed by atoms with Crippen molar-refractivity contribution in [2.24, 2.45) is 0 Å². The van der Waals surface area contributed by atoms with Crippen molar-refractivity contribution in [1.29, 1.82) is 0 Å². The first-order chi connectivity index (χ1) is 9.43. The summed E-state index contributed by atoms with van der Waals surface area (Å²) in [6.07, 6.45) is -0.614. The van der Waals surface area contributed by atoms with E-state index in [0.717, 1.165) is 5.56 Å². The molecular weight excluding hydrogens is 282 g/mol. The number of aliphatic hydroxyl groups is 1. The minimum Gasteiger partial charge on any atom is -0.487 e. The van der Waals surface area contributed by atoms with Crippen LogP contribution in [0.5, 0.6) is 5.75 Å². The fourth-order valence-corrected chi connectivity index (χ4v) is 4.17. The highest BCUT2D eigenvalue weighted by Gasteiger charge is 2.38. The maximum atomic E-state index is 11.4. The van der Waals surface area contributed by atoms with E-state index in [1.54, 1.807) is 12.1 Å². The summed E-state index contributed by atoms with van der Waals surface area (Å²) < 4.78 is 28.4. The summed E-state index contributed by atoms with van der Waals surface area (Å²) in [5, 5.41) is 12.4. The lowest BCUT2D eigenvalue weighted by Crippen LogP contribution is -2.29. The summed E-state index contributed by atoms with van der Waals surface area (Å²) in [5.41, 5.74) is 1.71. The lowest BCUT2D eigenvalue weighted by Gasteiger charge is -2.20. The van der Waals surface area contributed by atoms with Gasteiger partial charge in [0.2, 0.25) is 5.91 Å². The van der Waals surface area contributed by atoms with Crippen LogP contribution < -0.4 is 10.1 Å². The Kier molecular flexibility index (Phi) is 3.18. The number of carbonyl (C=O) groups is 1. The summed E-state index contributed by atoms with van der Waals surface area (Å²) >= 11 is 0. The van der Waals surface area contributed by atoms with E-state index in [-0.39, 0.29) is 17.4 Å². The maximum Gasteiger partial charge on any atom is 0.224 e. The topological polar surface area (TPSA) is 92.7 Å². The number of benzene rings is 1. The number of ether oxygens (including phenoxy) is 1. The second kappa shape index (κ2) is 4.75. The molecule has 0 radical (unpaired) electrons. The Morgan fingerprint density at radius 3 is 2.75 bits per heavy atom. The van der Waals surface area contributed by atoms with Gasteiger partial charge in [-0.2, -0.15) is 0 Å². The van der Waals surface area contributed by atoms with E-state index in [9.17, 15) is 18.3 Å². The van der Waals surface area contributed by atoms with Crippen LogP contribution in [0.4, 0.5) is 5.69 Å². The van der Waals surface area contributed by atoms with Crippen molar-refractivity contribution in [3.8, 4) is 5.75 Å². The first-order valence-electron chi connectivity index (χ1n) is 6.41. The van der Waals surface area contributed by atoms with Gasteiger partial charge in [0.25, 0.3) is 0 Å². The van der Waals surface area contributed by atoms with Crippen molar-refractivity contribution in [2.45, 2.75) is 25.0 Å². The zero-order chi connectivity index (χ0) is 14.3. The number of aryl methyl sites for hydroxylation is 1. The van der Waals surface area contributed by atoms with Crippen LogP contribution in [-0.4, -0.2) is 43.1 Å². The maximum absolute atomic E-state index is 11.4. The molecule has 0 bridgehead atoms. The smallest absolute Gasteiger partial charge is 0.224 e. The monoisotopic (exact) mass is 297 g/mol. The van der Waals surface area contributed by atoms with E-state index >= 15 is 0 Å². The Balaban J connectivity index is 1.79.